The maximum Gasteiger partial charge on any atom is 0.272 e. The number of nitrogens with zero attached hydrogens (tertiary/aromatic N) is 3. The molecule has 0 saturated heterocycles. The normalized spacial score (nSPS) is 11.4. The van der Waals surface area contributed by atoms with E-state index in [0.717, 1.165) is 0 Å². The Morgan fingerprint density at radius 3 is 2.61 bits per heavy atom. The number of nitriles is 1. The van der Waals surface area contributed by atoms with Crippen molar-refractivity contribution >= 4 is 11.6 Å². The van der Waals surface area contributed by atoms with E-state index in [1.54, 1.807) is 13.8 Å². The average Bonchev–Trinajstić information content (AvgIpc) is 2.35. The lowest BCUT2D eigenvalue weighted by Crippen LogP contribution is -2.34. The van der Waals surface area contributed by atoms with E-state index in [1.165, 1.54) is 30.1 Å². The molecule has 1 amide bonds. The molecule has 94 valence electrons. The van der Waals surface area contributed by atoms with E-state index in [1.807, 2.05) is 6.07 Å². The summed E-state index contributed by atoms with van der Waals surface area (Å²) in [7, 11) is 1.52. The monoisotopic (exact) mass is 247 g/mol. The van der Waals surface area contributed by atoms with E-state index in [-0.39, 0.29) is 11.6 Å². The van der Waals surface area contributed by atoms with E-state index in [9.17, 15) is 14.9 Å². The number of rotatable bonds is 3. The lowest BCUT2D eigenvalue weighted by atomic mass is 10.1. The summed E-state index contributed by atoms with van der Waals surface area (Å²) in [6.45, 7) is 3.18. The van der Waals surface area contributed by atoms with Gasteiger partial charge in [0.2, 0.25) is 0 Å². The fraction of sp³-hybridized carbons (Fsp3) is 0.333. The molecular weight excluding hydrogens is 234 g/mol. The second-order valence-electron chi connectivity index (χ2n) is 3.98. The second-order valence-corrected chi connectivity index (χ2v) is 3.98. The van der Waals surface area contributed by atoms with Crippen molar-refractivity contribution in [2.45, 2.75) is 19.9 Å². The van der Waals surface area contributed by atoms with Crippen LogP contribution >= 0.6 is 0 Å². The Morgan fingerprint density at radius 1 is 1.56 bits per heavy atom. The summed E-state index contributed by atoms with van der Waals surface area (Å²) in [5.74, 6) is -0.331. The number of carbonyl (C=O) groups excluding carboxylic acids is 1. The molecule has 0 aliphatic heterocycles. The molecule has 0 spiro atoms. The Labute approximate surface area is 105 Å². The number of nitro benzene ring substituents is 1. The van der Waals surface area contributed by atoms with Gasteiger partial charge < -0.3 is 4.90 Å². The highest BCUT2D eigenvalue weighted by Crippen LogP contribution is 2.19. The van der Waals surface area contributed by atoms with Crippen molar-refractivity contribution in [1.29, 1.82) is 5.26 Å². The number of benzene rings is 1. The van der Waals surface area contributed by atoms with Crippen molar-refractivity contribution in [1.82, 2.24) is 4.90 Å². The van der Waals surface area contributed by atoms with E-state index in [0.29, 0.717) is 11.1 Å². The lowest BCUT2D eigenvalue weighted by molar-refractivity contribution is -0.385. The van der Waals surface area contributed by atoms with Gasteiger partial charge in [0, 0.05) is 24.2 Å². The minimum absolute atomic E-state index is 0.0254. The minimum atomic E-state index is -0.548. The molecule has 0 aromatic heterocycles. The molecule has 0 fully saturated rings. The molecule has 1 rings (SSSR count). The Bertz CT molecular complexity index is 534. The number of hydrogen-bond acceptors (Lipinski definition) is 4. The largest absolute Gasteiger partial charge is 0.326 e. The first kappa shape index (κ1) is 13.6. The summed E-state index contributed by atoms with van der Waals surface area (Å²) in [4.78, 5) is 23.4. The highest BCUT2D eigenvalue weighted by molar-refractivity contribution is 5.95. The van der Waals surface area contributed by atoms with Gasteiger partial charge in [0.25, 0.3) is 11.6 Å². The number of hydrogen-bond donors (Lipinski definition) is 0. The molecule has 0 aliphatic rings. The molecule has 0 saturated carbocycles. The molecule has 18 heavy (non-hydrogen) atoms. The Balaban J connectivity index is 3.06. The van der Waals surface area contributed by atoms with E-state index in [4.69, 9.17) is 5.26 Å². The Hall–Kier alpha value is -2.42. The predicted octanol–water partition coefficient (Wildman–Crippen LogP) is 1.89. The molecule has 1 aromatic rings. The number of nitro groups is 1. The van der Waals surface area contributed by atoms with Crippen molar-refractivity contribution < 1.29 is 9.72 Å². The molecule has 0 radical (unpaired) electrons. The molecule has 0 bridgehead atoms. The molecule has 0 aliphatic carbocycles. The SMILES string of the molecule is Cc1cc(C(=O)N(C)C(C)C#N)ccc1[N+](=O)[O-]. The molecule has 0 N–H and O–H groups in total. The zero-order chi connectivity index (χ0) is 13.9. The third-order valence-corrected chi connectivity index (χ3v) is 2.73. The van der Waals surface area contributed by atoms with Crippen LogP contribution in [0.4, 0.5) is 5.69 Å². The van der Waals surface area contributed by atoms with Crippen molar-refractivity contribution in [2.75, 3.05) is 7.05 Å². The summed E-state index contributed by atoms with van der Waals surface area (Å²) in [6, 6.07) is 5.56. The number of amides is 1. The van der Waals surface area contributed by atoms with Crippen molar-refractivity contribution in [3.63, 3.8) is 0 Å². The van der Waals surface area contributed by atoms with Crippen molar-refractivity contribution in [3.05, 3.63) is 39.4 Å². The van der Waals surface area contributed by atoms with Gasteiger partial charge in [-0.05, 0) is 26.0 Å². The molecule has 1 atom stereocenters. The topological polar surface area (TPSA) is 87.2 Å². The van der Waals surface area contributed by atoms with Crippen LogP contribution in [-0.2, 0) is 0 Å². The van der Waals surface area contributed by atoms with E-state index in [2.05, 4.69) is 0 Å². The van der Waals surface area contributed by atoms with Crippen LogP contribution in [0.25, 0.3) is 0 Å². The van der Waals surface area contributed by atoms with Gasteiger partial charge in [-0.25, -0.2) is 0 Å². The van der Waals surface area contributed by atoms with Crippen LogP contribution in [0.1, 0.15) is 22.8 Å². The number of carbonyl (C=O) groups is 1. The third-order valence-electron chi connectivity index (χ3n) is 2.73. The molecule has 6 heteroatoms. The highest BCUT2D eigenvalue weighted by Gasteiger charge is 2.19. The van der Waals surface area contributed by atoms with Gasteiger partial charge in [0.1, 0.15) is 6.04 Å². The summed E-state index contributed by atoms with van der Waals surface area (Å²) >= 11 is 0. The average molecular weight is 247 g/mol. The predicted molar refractivity (Wildman–Crippen MR) is 65.0 cm³/mol. The van der Waals surface area contributed by atoms with Crippen LogP contribution in [0.5, 0.6) is 0 Å². The van der Waals surface area contributed by atoms with Crippen LogP contribution < -0.4 is 0 Å². The zero-order valence-electron chi connectivity index (χ0n) is 10.4. The Morgan fingerprint density at radius 2 is 2.17 bits per heavy atom. The van der Waals surface area contributed by atoms with Crippen LogP contribution in [0.3, 0.4) is 0 Å². The van der Waals surface area contributed by atoms with E-state index >= 15 is 0 Å². The first-order valence-electron chi connectivity index (χ1n) is 5.30. The maximum absolute atomic E-state index is 12.0. The van der Waals surface area contributed by atoms with E-state index < -0.39 is 11.0 Å². The van der Waals surface area contributed by atoms with Crippen LogP contribution in [0.2, 0.25) is 0 Å². The third kappa shape index (κ3) is 2.63. The highest BCUT2D eigenvalue weighted by atomic mass is 16.6. The summed E-state index contributed by atoms with van der Waals surface area (Å²) in [5.41, 5.74) is 0.731. The maximum atomic E-state index is 12.0. The second kappa shape index (κ2) is 5.27. The van der Waals surface area contributed by atoms with Crippen LogP contribution in [0, 0.1) is 28.4 Å². The molecule has 1 unspecified atom stereocenters. The molecule has 0 heterocycles. The fourth-order valence-corrected chi connectivity index (χ4v) is 1.46. The summed E-state index contributed by atoms with van der Waals surface area (Å²) in [6.07, 6.45) is 0. The van der Waals surface area contributed by atoms with Gasteiger partial charge in [-0.2, -0.15) is 5.26 Å². The van der Waals surface area contributed by atoms with Gasteiger partial charge in [0.05, 0.1) is 11.0 Å². The molecule has 1 aromatic carbocycles. The van der Waals surface area contributed by atoms with Gasteiger partial charge >= 0.3 is 0 Å². The van der Waals surface area contributed by atoms with Gasteiger partial charge in [-0.3, -0.25) is 14.9 Å². The molecule has 6 nitrogen and oxygen atoms in total. The van der Waals surface area contributed by atoms with Gasteiger partial charge in [-0.15, -0.1) is 0 Å². The summed E-state index contributed by atoms with van der Waals surface area (Å²) in [5, 5.41) is 19.4. The Kier molecular flexibility index (Phi) is 4.00. The van der Waals surface area contributed by atoms with Crippen molar-refractivity contribution in [3.8, 4) is 6.07 Å². The van der Waals surface area contributed by atoms with Gasteiger partial charge in [-0.1, -0.05) is 0 Å². The zero-order valence-corrected chi connectivity index (χ0v) is 10.4. The minimum Gasteiger partial charge on any atom is -0.326 e. The fourth-order valence-electron chi connectivity index (χ4n) is 1.46. The quantitative estimate of drug-likeness (QED) is 0.602. The standard InChI is InChI=1S/C12H13N3O3/c1-8-6-10(4-5-11(8)15(17)18)12(16)14(3)9(2)7-13/h4-6,9H,1-3H3. The smallest absolute Gasteiger partial charge is 0.272 e. The first-order valence-corrected chi connectivity index (χ1v) is 5.30. The van der Waals surface area contributed by atoms with Gasteiger partial charge in [0.15, 0.2) is 0 Å². The van der Waals surface area contributed by atoms with Crippen molar-refractivity contribution in [2.24, 2.45) is 0 Å². The van der Waals surface area contributed by atoms with Crippen LogP contribution in [0.15, 0.2) is 18.2 Å². The number of aryl methyl sites for hydroxylation is 1. The summed E-state index contributed by atoms with van der Waals surface area (Å²) < 4.78 is 0. The van der Waals surface area contributed by atoms with Crippen LogP contribution in [-0.4, -0.2) is 28.8 Å². The lowest BCUT2D eigenvalue weighted by Gasteiger charge is -2.19. The molecular formula is C12H13N3O3. The first-order chi connectivity index (χ1) is 8.38.